The van der Waals surface area contributed by atoms with Gasteiger partial charge in [-0.1, -0.05) is 6.07 Å². The van der Waals surface area contributed by atoms with Crippen LogP contribution in [-0.4, -0.2) is 42.4 Å². The van der Waals surface area contributed by atoms with E-state index in [1.807, 2.05) is 0 Å². The Morgan fingerprint density at radius 2 is 2.10 bits per heavy atom. The molecule has 0 aliphatic rings. The molecule has 7 nitrogen and oxygen atoms in total. The molecule has 1 atom stereocenters. The highest BCUT2D eigenvalue weighted by atomic mass is 32.2. The van der Waals surface area contributed by atoms with Crippen LogP contribution in [-0.2, 0) is 10.0 Å². The van der Waals surface area contributed by atoms with Gasteiger partial charge in [0, 0.05) is 13.6 Å². The SMILES string of the molecule is CC(O)CCN(C)S(=O)(=O)c1cccc(F)c1[N+](=O)[O-]. The summed E-state index contributed by atoms with van der Waals surface area (Å²) in [6.07, 6.45) is -0.547. The van der Waals surface area contributed by atoms with Crippen molar-refractivity contribution in [2.24, 2.45) is 0 Å². The van der Waals surface area contributed by atoms with Crippen LogP contribution in [0.3, 0.4) is 0 Å². The molecule has 1 N–H and O–H groups in total. The standard InChI is InChI=1S/C11H15FN2O5S/c1-8(15)6-7-13(2)20(18,19)10-5-3-4-9(12)11(10)14(16)17/h3-5,8,15H,6-7H2,1-2H3. The first-order valence-electron chi connectivity index (χ1n) is 5.75. The summed E-state index contributed by atoms with van der Waals surface area (Å²) in [6.45, 7) is 1.46. The fourth-order valence-corrected chi connectivity index (χ4v) is 2.89. The first-order chi connectivity index (χ1) is 9.17. The average molecular weight is 306 g/mol. The molecular formula is C11H15FN2O5S. The summed E-state index contributed by atoms with van der Waals surface area (Å²) in [4.78, 5) is 9.06. The van der Waals surface area contributed by atoms with Crippen molar-refractivity contribution in [3.05, 3.63) is 34.1 Å². The van der Waals surface area contributed by atoms with Crippen molar-refractivity contribution in [2.75, 3.05) is 13.6 Å². The van der Waals surface area contributed by atoms with Crippen LogP contribution in [0.15, 0.2) is 23.1 Å². The summed E-state index contributed by atoms with van der Waals surface area (Å²) in [7, 11) is -2.98. The van der Waals surface area contributed by atoms with Crippen LogP contribution < -0.4 is 0 Å². The van der Waals surface area contributed by atoms with Crippen LogP contribution in [0.1, 0.15) is 13.3 Å². The van der Waals surface area contributed by atoms with Gasteiger partial charge in [-0.2, -0.15) is 4.39 Å². The van der Waals surface area contributed by atoms with Crippen LogP contribution in [0.4, 0.5) is 10.1 Å². The molecule has 0 aliphatic heterocycles. The van der Waals surface area contributed by atoms with E-state index in [9.17, 15) is 22.9 Å². The van der Waals surface area contributed by atoms with Crippen molar-refractivity contribution in [1.82, 2.24) is 4.31 Å². The quantitative estimate of drug-likeness (QED) is 0.627. The number of aliphatic hydroxyl groups is 1. The van der Waals surface area contributed by atoms with E-state index in [0.29, 0.717) is 0 Å². The van der Waals surface area contributed by atoms with Gasteiger partial charge in [0.15, 0.2) is 4.90 Å². The molecule has 0 radical (unpaired) electrons. The van der Waals surface area contributed by atoms with Gasteiger partial charge in [-0.05, 0) is 25.5 Å². The molecule has 112 valence electrons. The van der Waals surface area contributed by atoms with Crippen LogP contribution in [0.5, 0.6) is 0 Å². The summed E-state index contributed by atoms with van der Waals surface area (Å²) >= 11 is 0. The van der Waals surface area contributed by atoms with E-state index in [1.54, 1.807) is 0 Å². The number of sulfonamides is 1. The van der Waals surface area contributed by atoms with Gasteiger partial charge in [-0.3, -0.25) is 10.1 Å². The van der Waals surface area contributed by atoms with Gasteiger partial charge in [0.2, 0.25) is 15.8 Å². The van der Waals surface area contributed by atoms with Crippen molar-refractivity contribution in [1.29, 1.82) is 0 Å². The van der Waals surface area contributed by atoms with Gasteiger partial charge < -0.3 is 5.11 Å². The summed E-state index contributed by atoms with van der Waals surface area (Å²) in [5, 5.41) is 20.0. The Morgan fingerprint density at radius 1 is 1.50 bits per heavy atom. The van der Waals surface area contributed by atoms with Gasteiger partial charge >= 0.3 is 5.69 Å². The fourth-order valence-electron chi connectivity index (χ4n) is 1.54. The molecule has 20 heavy (non-hydrogen) atoms. The lowest BCUT2D eigenvalue weighted by Crippen LogP contribution is -2.30. The number of nitrogens with zero attached hydrogens (tertiary/aromatic N) is 2. The van der Waals surface area contributed by atoms with Crippen LogP contribution in [0, 0.1) is 15.9 Å². The Labute approximate surface area is 115 Å². The van der Waals surface area contributed by atoms with E-state index in [2.05, 4.69) is 0 Å². The first kappa shape index (κ1) is 16.5. The predicted molar refractivity (Wildman–Crippen MR) is 69.2 cm³/mol. The normalized spacial score (nSPS) is 13.4. The number of hydrogen-bond acceptors (Lipinski definition) is 5. The molecule has 1 aromatic rings. The Kier molecular flexibility index (Phi) is 5.15. The number of para-hydroxylation sites is 1. The van der Waals surface area contributed by atoms with E-state index in [0.717, 1.165) is 22.5 Å². The second-order valence-electron chi connectivity index (χ2n) is 4.31. The Morgan fingerprint density at radius 3 is 2.60 bits per heavy atom. The summed E-state index contributed by atoms with van der Waals surface area (Å²) in [6, 6.07) is 2.90. The highest BCUT2D eigenvalue weighted by Gasteiger charge is 2.32. The first-order valence-corrected chi connectivity index (χ1v) is 7.19. The van der Waals surface area contributed by atoms with Crippen molar-refractivity contribution >= 4 is 15.7 Å². The van der Waals surface area contributed by atoms with Crippen molar-refractivity contribution in [2.45, 2.75) is 24.3 Å². The van der Waals surface area contributed by atoms with Gasteiger partial charge in [-0.15, -0.1) is 0 Å². The van der Waals surface area contributed by atoms with Gasteiger partial charge in [0.05, 0.1) is 11.0 Å². The van der Waals surface area contributed by atoms with Gasteiger partial charge in [0.1, 0.15) is 0 Å². The van der Waals surface area contributed by atoms with E-state index < -0.39 is 37.5 Å². The lowest BCUT2D eigenvalue weighted by molar-refractivity contribution is -0.390. The smallest absolute Gasteiger partial charge is 0.324 e. The van der Waals surface area contributed by atoms with E-state index in [-0.39, 0.29) is 13.0 Å². The zero-order chi connectivity index (χ0) is 15.5. The molecule has 1 unspecified atom stereocenters. The summed E-state index contributed by atoms with van der Waals surface area (Å²) < 4.78 is 38.7. The molecular weight excluding hydrogens is 291 g/mol. The van der Waals surface area contributed by atoms with Gasteiger partial charge in [0.25, 0.3) is 0 Å². The minimum atomic E-state index is -4.19. The molecule has 0 saturated heterocycles. The van der Waals surface area contributed by atoms with Crippen LogP contribution >= 0.6 is 0 Å². The lowest BCUT2D eigenvalue weighted by Gasteiger charge is -2.17. The minimum absolute atomic E-state index is 0.0341. The maximum absolute atomic E-state index is 13.4. The van der Waals surface area contributed by atoms with Crippen LogP contribution in [0.25, 0.3) is 0 Å². The maximum Gasteiger partial charge on any atom is 0.324 e. The predicted octanol–water partition coefficient (Wildman–Crippen LogP) is 1.13. The molecule has 9 heteroatoms. The zero-order valence-corrected chi connectivity index (χ0v) is 11.8. The highest BCUT2D eigenvalue weighted by Crippen LogP contribution is 2.28. The Balaban J connectivity index is 3.22. The zero-order valence-electron chi connectivity index (χ0n) is 11.0. The lowest BCUT2D eigenvalue weighted by atomic mass is 10.3. The molecule has 0 amide bonds. The molecule has 0 spiro atoms. The number of rotatable bonds is 6. The average Bonchev–Trinajstić information content (AvgIpc) is 2.34. The maximum atomic E-state index is 13.4. The third-order valence-electron chi connectivity index (χ3n) is 2.68. The second-order valence-corrected chi connectivity index (χ2v) is 6.32. The highest BCUT2D eigenvalue weighted by molar-refractivity contribution is 7.89. The van der Waals surface area contributed by atoms with Crippen molar-refractivity contribution in [3.63, 3.8) is 0 Å². The van der Waals surface area contributed by atoms with Gasteiger partial charge in [-0.25, -0.2) is 12.7 Å². The molecule has 0 aliphatic carbocycles. The molecule has 0 fully saturated rings. The largest absolute Gasteiger partial charge is 0.393 e. The molecule has 1 aromatic carbocycles. The van der Waals surface area contributed by atoms with E-state index in [1.165, 1.54) is 14.0 Å². The fraction of sp³-hybridized carbons (Fsp3) is 0.455. The number of hydrogen-bond donors (Lipinski definition) is 1. The number of benzene rings is 1. The van der Waals surface area contributed by atoms with Crippen LogP contribution in [0.2, 0.25) is 0 Å². The van der Waals surface area contributed by atoms with Crippen molar-refractivity contribution < 1.29 is 22.8 Å². The third-order valence-corrected chi connectivity index (χ3v) is 4.57. The number of nitro benzene ring substituents is 1. The monoisotopic (exact) mass is 306 g/mol. The topological polar surface area (TPSA) is 101 Å². The Bertz CT molecular complexity index is 603. The second kappa shape index (κ2) is 6.25. The molecule has 0 aromatic heterocycles. The number of halogens is 1. The Hall–Kier alpha value is -1.58. The molecule has 0 bridgehead atoms. The van der Waals surface area contributed by atoms with Crippen molar-refractivity contribution in [3.8, 4) is 0 Å². The summed E-state index contributed by atoms with van der Waals surface area (Å²) in [5.74, 6) is -1.21. The molecule has 0 saturated carbocycles. The number of nitro groups is 1. The van der Waals surface area contributed by atoms with E-state index in [4.69, 9.17) is 5.11 Å². The van der Waals surface area contributed by atoms with E-state index >= 15 is 0 Å². The third kappa shape index (κ3) is 3.50. The summed E-state index contributed by atoms with van der Waals surface area (Å²) in [5.41, 5.74) is -1.07. The number of aliphatic hydroxyl groups excluding tert-OH is 1. The minimum Gasteiger partial charge on any atom is -0.393 e. The molecule has 1 rings (SSSR count). The molecule has 0 heterocycles.